The number of carbonyl (C=O) groups excluding carboxylic acids is 1. The normalized spacial score (nSPS) is 10.1. The maximum Gasteiger partial charge on any atom is 0.341 e. The summed E-state index contributed by atoms with van der Waals surface area (Å²) in [5, 5.41) is 8.54. The van der Waals surface area contributed by atoms with Crippen molar-refractivity contribution in [2.75, 3.05) is 14.2 Å². The van der Waals surface area contributed by atoms with Gasteiger partial charge in [-0.05, 0) is 30.5 Å². The van der Waals surface area contributed by atoms with Gasteiger partial charge in [0.1, 0.15) is 5.56 Å². The molecule has 0 aromatic heterocycles. The monoisotopic (exact) mass is 270 g/mol. The number of aryl methyl sites for hydroxylation is 1. The van der Waals surface area contributed by atoms with Crippen LogP contribution in [0.15, 0.2) is 12.1 Å². The Morgan fingerprint density at radius 1 is 1.32 bits per heavy atom. The van der Waals surface area contributed by atoms with Gasteiger partial charge < -0.3 is 14.6 Å². The Balaban J connectivity index is 2.98. The van der Waals surface area contributed by atoms with Gasteiger partial charge in [-0.3, -0.25) is 4.79 Å². The fourth-order valence-corrected chi connectivity index (χ4v) is 1.71. The summed E-state index contributed by atoms with van der Waals surface area (Å²) in [6, 6.07) is 2.68. The second-order valence-electron chi connectivity index (χ2n) is 3.90. The Kier molecular flexibility index (Phi) is 5.29. The highest BCUT2D eigenvalue weighted by Crippen LogP contribution is 2.26. The topological polar surface area (TPSA) is 72.8 Å². The molecule has 0 aliphatic rings. The van der Waals surface area contributed by atoms with E-state index in [9.17, 15) is 14.0 Å². The Labute approximate surface area is 109 Å². The van der Waals surface area contributed by atoms with E-state index in [-0.39, 0.29) is 17.7 Å². The SMILES string of the molecule is COC(=O)c1cc(CCCC(=O)O)cc(F)c1OC. The minimum atomic E-state index is -0.915. The quantitative estimate of drug-likeness (QED) is 0.801. The van der Waals surface area contributed by atoms with Crippen LogP contribution in [-0.2, 0) is 16.0 Å². The summed E-state index contributed by atoms with van der Waals surface area (Å²) in [6.07, 6.45) is 0.708. The molecule has 0 unspecified atom stereocenters. The number of carboxylic acids is 1. The van der Waals surface area contributed by atoms with E-state index in [1.807, 2.05) is 0 Å². The van der Waals surface area contributed by atoms with Crippen LogP contribution in [0.5, 0.6) is 5.75 Å². The molecule has 1 N–H and O–H groups in total. The number of ether oxygens (including phenoxy) is 2. The second kappa shape index (κ2) is 6.72. The first-order chi connectivity index (χ1) is 8.99. The van der Waals surface area contributed by atoms with Gasteiger partial charge in [0, 0.05) is 6.42 Å². The van der Waals surface area contributed by atoms with Crippen molar-refractivity contribution < 1.29 is 28.6 Å². The van der Waals surface area contributed by atoms with Crippen LogP contribution < -0.4 is 4.74 Å². The molecule has 0 saturated carbocycles. The molecule has 0 aliphatic carbocycles. The number of carbonyl (C=O) groups is 2. The molecule has 0 aliphatic heterocycles. The number of halogens is 1. The van der Waals surface area contributed by atoms with Crippen LogP contribution in [0.4, 0.5) is 4.39 Å². The lowest BCUT2D eigenvalue weighted by molar-refractivity contribution is -0.137. The van der Waals surface area contributed by atoms with Crippen molar-refractivity contribution in [1.29, 1.82) is 0 Å². The molecule has 0 amide bonds. The molecule has 0 atom stereocenters. The number of benzene rings is 1. The molecular weight excluding hydrogens is 255 g/mol. The lowest BCUT2D eigenvalue weighted by atomic mass is 10.0. The molecular formula is C13H15FO5. The van der Waals surface area contributed by atoms with Crippen molar-refractivity contribution >= 4 is 11.9 Å². The molecule has 104 valence electrons. The minimum Gasteiger partial charge on any atom is -0.493 e. The van der Waals surface area contributed by atoms with Crippen molar-refractivity contribution in [3.8, 4) is 5.75 Å². The molecule has 1 rings (SSSR count). The zero-order valence-corrected chi connectivity index (χ0v) is 10.7. The fraction of sp³-hybridized carbons (Fsp3) is 0.385. The molecule has 19 heavy (non-hydrogen) atoms. The van der Waals surface area contributed by atoms with Gasteiger partial charge in [0.25, 0.3) is 0 Å². The largest absolute Gasteiger partial charge is 0.493 e. The zero-order valence-electron chi connectivity index (χ0n) is 10.7. The number of hydrogen-bond acceptors (Lipinski definition) is 4. The van der Waals surface area contributed by atoms with Gasteiger partial charge in [-0.1, -0.05) is 0 Å². The number of carboxylic acid groups (broad SMARTS) is 1. The number of hydrogen-bond donors (Lipinski definition) is 1. The Morgan fingerprint density at radius 2 is 2.00 bits per heavy atom. The van der Waals surface area contributed by atoms with Crippen LogP contribution in [0.2, 0.25) is 0 Å². The predicted octanol–water partition coefficient (Wildman–Crippen LogP) is 2.03. The summed E-state index contributed by atoms with van der Waals surface area (Å²) >= 11 is 0. The van der Waals surface area contributed by atoms with Crippen molar-refractivity contribution in [1.82, 2.24) is 0 Å². The highest BCUT2D eigenvalue weighted by atomic mass is 19.1. The number of esters is 1. The molecule has 6 heteroatoms. The van der Waals surface area contributed by atoms with E-state index in [0.717, 1.165) is 0 Å². The maximum absolute atomic E-state index is 13.7. The molecule has 0 bridgehead atoms. The highest BCUT2D eigenvalue weighted by molar-refractivity contribution is 5.92. The van der Waals surface area contributed by atoms with Crippen molar-refractivity contribution in [2.24, 2.45) is 0 Å². The van der Waals surface area contributed by atoms with E-state index in [0.29, 0.717) is 18.4 Å². The Bertz CT molecular complexity index is 484. The average molecular weight is 270 g/mol. The van der Waals surface area contributed by atoms with E-state index in [1.165, 1.54) is 26.4 Å². The third-order valence-electron chi connectivity index (χ3n) is 2.57. The van der Waals surface area contributed by atoms with E-state index in [4.69, 9.17) is 9.84 Å². The summed E-state index contributed by atoms with van der Waals surface area (Å²) in [7, 11) is 2.45. The third kappa shape index (κ3) is 3.94. The van der Waals surface area contributed by atoms with Crippen LogP contribution in [-0.4, -0.2) is 31.3 Å². The fourth-order valence-electron chi connectivity index (χ4n) is 1.71. The van der Waals surface area contributed by atoms with E-state index < -0.39 is 17.8 Å². The van der Waals surface area contributed by atoms with Crippen LogP contribution >= 0.6 is 0 Å². The molecule has 0 saturated heterocycles. The first-order valence-electron chi connectivity index (χ1n) is 5.66. The number of aliphatic carboxylic acids is 1. The third-order valence-corrected chi connectivity index (χ3v) is 2.57. The van der Waals surface area contributed by atoms with Crippen molar-refractivity contribution in [2.45, 2.75) is 19.3 Å². The highest BCUT2D eigenvalue weighted by Gasteiger charge is 2.18. The van der Waals surface area contributed by atoms with Gasteiger partial charge in [0.2, 0.25) is 0 Å². The van der Waals surface area contributed by atoms with Crippen LogP contribution in [0.3, 0.4) is 0 Å². The molecule has 0 spiro atoms. The summed E-state index contributed by atoms with van der Waals surface area (Å²) in [5.74, 6) is -2.46. The summed E-state index contributed by atoms with van der Waals surface area (Å²) in [5.41, 5.74) is 0.523. The lowest BCUT2D eigenvalue weighted by Gasteiger charge is -2.10. The summed E-state index contributed by atoms with van der Waals surface area (Å²) in [6.45, 7) is 0. The number of rotatable bonds is 6. The maximum atomic E-state index is 13.7. The second-order valence-corrected chi connectivity index (χ2v) is 3.90. The smallest absolute Gasteiger partial charge is 0.341 e. The Hall–Kier alpha value is -2.11. The standard InChI is InChI=1S/C13H15FO5/c1-18-12-9(13(17)19-2)6-8(7-10(12)14)4-3-5-11(15)16/h6-7H,3-5H2,1-2H3,(H,15,16). The lowest BCUT2D eigenvalue weighted by Crippen LogP contribution is -2.07. The van der Waals surface area contributed by atoms with Gasteiger partial charge in [-0.15, -0.1) is 0 Å². The van der Waals surface area contributed by atoms with Crippen LogP contribution in [0.25, 0.3) is 0 Å². The van der Waals surface area contributed by atoms with Gasteiger partial charge in [0.05, 0.1) is 14.2 Å². The van der Waals surface area contributed by atoms with Gasteiger partial charge in [0.15, 0.2) is 11.6 Å². The molecule has 0 heterocycles. The molecule has 0 radical (unpaired) electrons. The molecule has 1 aromatic rings. The average Bonchev–Trinajstić information content (AvgIpc) is 2.36. The molecule has 0 fully saturated rings. The molecule has 5 nitrogen and oxygen atoms in total. The zero-order chi connectivity index (χ0) is 14.4. The van der Waals surface area contributed by atoms with Gasteiger partial charge in [-0.25, -0.2) is 9.18 Å². The summed E-state index contributed by atoms with van der Waals surface area (Å²) < 4.78 is 23.1. The van der Waals surface area contributed by atoms with E-state index in [2.05, 4.69) is 4.74 Å². The van der Waals surface area contributed by atoms with Gasteiger partial charge >= 0.3 is 11.9 Å². The van der Waals surface area contributed by atoms with Crippen molar-refractivity contribution in [3.05, 3.63) is 29.1 Å². The summed E-state index contributed by atoms with van der Waals surface area (Å²) in [4.78, 5) is 21.9. The minimum absolute atomic E-state index is 0.00433. The van der Waals surface area contributed by atoms with Gasteiger partial charge in [-0.2, -0.15) is 0 Å². The van der Waals surface area contributed by atoms with E-state index in [1.54, 1.807) is 0 Å². The van der Waals surface area contributed by atoms with E-state index >= 15 is 0 Å². The number of methoxy groups -OCH3 is 2. The Morgan fingerprint density at radius 3 is 2.53 bits per heavy atom. The molecule has 1 aromatic carbocycles. The van der Waals surface area contributed by atoms with Crippen molar-refractivity contribution in [3.63, 3.8) is 0 Å². The van der Waals surface area contributed by atoms with Crippen LogP contribution in [0, 0.1) is 5.82 Å². The van der Waals surface area contributed by atoms with Crippen LogP contribution in [0.1, 0.15) is 28.8 Å². The predicted molar refractivity (Wildman–Crippen MR) is 64.9 cm³/mol. The first kappa shape index (κ1) is 14.9. The first-order valence-corrected chi connectivity index (χ1v) is 5.66.